The zero-order valence-electron chi connectivity index (χ0n) is 18.1. The molecule has 160 valence electrons. The number of aliphatic hydroxyl groups excluding tert-OH is 1. The van der Waals surface area contributed by atoms with Crippen molar-refractivity contribution in [2.24, 2.45) is 0 Å². The van der Waals surface area contributed by atoms with E-state index in [-0.39, 0.29) is 6.61 Å². The Bertz CT molecular complexity index is 1100. The van der Waals surface area contributed by atoms with Crippen LogP contribution in [0.1, 0.15) is 40.8 Å². The van der Waals surface area contributed by atoms with Gasteiger partial charge in [0.15, 0.2) is 5.82 Å². The molecule has 0 unspecified atom stereocenters. The summed E-state index contributed by atoms with van der Waals surface area (Å²) in [5, 5.41) is 23.4. The maximum atomic E-state index is 9.82. The third kappa shape index (κ3) is 4.42. The molecule has 0 fully saturated rings. The van der Waals surface area contributed by atoms with E-state index in [1.54, 1.807) is 0 Å². The highest BCUT2D eigenvalue weighted by Gasteiger charge is 2.25. The number of aryl methyl sites for hydroxylation is 2. The molecule has 0 aliphatic carbocycles. The van der Waals surface area contributed by atoms with Crippen molar-refractivity contribution in [3.8, 4) is 17.5 Å². The number of nitriles is 1. The molecular formula is C25H28N4O2. The molecule has 3 aromatic rings. The summed E-state index contributed by atoms with van der Waals surface area (Å²) in [6.07, 6.45) is 2.49. The smallest absolute Gasteiger partial charge is 0.151 e. The fraction of sp³-hybridized carbons (Fsp3) is 0.360. The Morgan fingerprint density at radius 3 is 2.65 bits per heavy atom. The lowest BCUT2D eigenvalue weighted by Crippen LogP contribution is -2.32. The molecule has 2 aromatic carbocycles. The highest BCUT2D eigenvalue weighted by atomic mass is 16.5. The lowest BCUT2D eigenvalue weighted by molar-refractivity contribution is 0.253. The summed E-state index contributed by atoms with van der Waals surface area (Å²) in [7, 11) is 0. The van der Waals surface area contributed by atoms with Gasteiger partial charge in [-0.3, -0.25) is 0 Å². The Morgan fingerprint density at radius 2 is 1.90 bits per heavy atom. The van der Waals surface area contributed by atoms with Gasteiger partial charge in [0.25, 0.3) is 0 Å². The van der Waals surface area contributed by atoms with Crippen LogP contribution in [-0.2, 0) is 13.0 Å². The van der Waals surface area contributed by atoms with Crippen LogP contribution in [0.5, 0.6) is 5.75 Å². The van der Waals surface area contributed by atoms with Crippen molar-refractivity contribution in [1.29, 1.82) is 5.26 Å². The molecule has 31 heavy (non-hydrogen) atoms. The predicted octanol–water partition coefficient (Wildman–Crippen LogP) is 4.07. The second-order valence-electron chi connectivity index (χ2n) is 8.02. The summed E-state index contributed by atoms with van der Waals surface area (Å²) in [6.45, 7) is 6.31. The number of rotatable bonds is 7. The average molecular weight is 417 g/mol. The quantitative estimate of drug-likeness (QED) is 0.588. The zero-order chi connectivity index (χ0) is 21.8. The van der Waals surface area contributed by atoms with Crippen molar-refractivity contribution in [3.05, 3.63) is 70.4 Å². The Labute approximate surface area is 183 Å². The molecule has 1 aromatic heterocycles. The lowest BCUT2D eigenvalue weighted by atomic mass is 9.99. The first-order valence-electron chi connectivity index (χ1n) is 10.8. The molecule has 2 heterocycles. The third-order valence-corrected chi connectivity index (χ3v) is 5.74. The topological polar surface area (TPSA) is 74.3 Å². The van der Waals surface area contributed by atoms with Gasteiger partial charge in [0.1, 0.15) is 17.4 Å². The summed E-state index contributed by atoms with van der Waals surface area (Å²) in [5.41, 5.74) is 6.06. The van der Waals surface area contributed by atoms with Crippen molar-refractivity contribution in [2.75, 3.05) is 24.7 Å². The Balaban J connectivity index is 1.59. The monoisotopic (exact) mass is 416 g/mol. The van der Waals surface area contributed by atoms with Crippen LogP contribution in [0.4, 0.5) is 5.82 Å². The van der Waals surface area contributed by atoms with Gasteiger partial charge in [-0.05, 0) is 68.5 Å². The minimum Gasteiger partial charge on any atom is -0.494 e. The molecule has 0 atom stereocenters. The molecule has 6 nitrogen and oxygen atoms in total. The van der Waals surface area contributed by atoms with E-state index in [1.807, 2.05) is 29.8 Å². The number of aliphatic hydroxyl groups is 1. The van der Waals surface area contributed by atoms with Crippen LogP contribution in [0.15, 0.2) is 42.5 Å². The zero-order valence-corrected chi connectivity index (χ0v) is 18.1. The summed E-state index contributed by atoms with van der Waals surface area (Å²) in [6, 6.07) is 16.8. The van der Waals surface area contributed by atoms with Gasteiger partial charge in [-0.1, -0.05) is 23.8 Å². The van der Waals surface area contributed by atoms with Crippen LogP contribution < -0.4 is 9.64 Å². The van der Waals surface area contributed by atoms with Crippen LogP contribution >= 0.6 is 0 Å². The van der Waals surface area contributed by atoms with Crippen molar-refractivity contribution in [2.45, 2.75) is 39.7 Å². The Morgan fingerprint density at radius 1 is 1.10 bits per heavy atom. The summed E-state index contributed by atoms with van der Waals surface area (Å²) >= 11 is 0. The summed E-state index contributed by atoms with van der Waals surface area (Å²) in [5.74, 6) is 1.74. The van der Waals surface area contributed by atoms with Crippen molar-refractivity contribution in [1.82, 2.24) is 9.78 Å². The molecule has 1 N–H and O–H groups in total. The number of hydrogen-bond donors (Lipinski definition) is 1. The molecule has 0 spiro atoms. The highest BCUT2D eigenvalue weighted by Crippen LogP contribution is 2.32. The van der Waals surface area contributed by atoms with Gasteiger partial charge in [-0.15, -0.1) is 0 Å². The molecule has 0 saturated carbocycles. The van der Waals surface area contributed by atoms with Gasteiger partial charge < -0.3 is 14.7 Å². The van der Waals surface area contributed by atoms with E-state index < -0.39 is 0 Å². The van der Waals surface area contributed by atoms with Crippen LogP contribution in [0.3, 0.4) is 0 Å². The Hall–Kier alpha value is -3.30. The normalized spacial score (nSPS) is 13.0. The number of anilines is 1. The molecule has 0 amide bonds. The van der Waals surface area contributed by atoms with Gasteiger partial charge >= 0.3 is 0 Å². The van der Waals surface area contributed by atoms with E-state index in [9.17, 15) is 5.26 Å². The van der Waals surface area contributed by atoms with Crippen molar-refractivity contribution < 1.29 is 9.84 Å². The van der Waals surface area contributed by atoms with Crippen molar-refractivity contribution >= 4 is 5.82 Å². The minimum atomic E-state index is 0.201. The molecule has 0 saturated heterocycles. The van der Waals surface area contributed by atoms with Gasteiger partial charge in [-0.2, -0.15) is 10.4 Å². The minimum absolute atomic E-state index is 0.201. The summed E-state index contributed by atoms with van der Waals surface area (Å²) < 4.78 is 7.73. The van der Waals surface area contributed by atoms with Crippen LogP contribution in [0, 0.1) is 25.2 Å². The molecule has 0 radical (unpaired) electrons. The lowest BCUT2D eigenvalue weighted by Gasteiger charge is -2.31. The van der Waals surface area contributed by atoms with E-state index in [4.69, 9.17) is 14.9 Å². The van der Waals surface area contributed by atoms with E-state index in [0.717, 1.165) is 55.3 Å². The highest BCUT2D eigenvalue weighted by molar-refractivity contribution is 5.62. The fourth-order valence-electron chi connectivity index (χ4n) is 4.01. The van der Waals surface area contributed by atoms with Crippen LogP contribution in [0.2, 0.25) is 0 Å². The number of hydrogen-bond acceptors (Lipinski definition) is 5. The predicted molar refractivity (Wildman–Crippen MR) is 121 cm³/mol. The third-order valence-electron chi connectivity index (χ3n) is 5.74. The Kier molecular flexibility index (Phi) is 6.24. The largest absolute Gasteiger partial charge is 0.494 e. The standard InChI is InChI=1S/C25H28N4O2/c1-18-5-8-22(9-6-18)29-25(24(16-26)19(2)27-29)28-12-11-20-15-23(10-7-21(20)17-28)31-14-4-3-13-30/h5-10,15,30H,3-4,11-14,17H2,1-2H3. The van der Waals surface area contributed by atoms with Gasteiger partial charge in [0.05, 0.1) is 18.0 Å². The maximum absolute atomic E-state index is 9.82. The molecule has 6 heteroatoms. The average Bonchev–Trinajstić information content (AvgIpc) is 3.13. The van der Waals surface area contributed by atoms with Gasteiger partial charge in [-0.25, -0.2) is 4.68 Å². The van der Waals surface area contributed by atoms with E-state index in [0.29, 0.717) is 12.2 Å². The molecular weight excluding hydrogens is 388 g/mol. The van der Waals surface area contributed by atoms with E-state index in [2.05, 4.69) is 42.2 Å². The number of benzene rings is 2. The molecule has 1 aliphatic rings. The first kappa shape index (κ1) is 21.0. The van der Waals surface area contributed by atoms with Gasteiger partial charge in [0, 0.05) is 19.7 Å². The summed E-state index contributed by atoms with van der Waals surface area (Å²) in [4.78, 5) is 2.25. The number of unbranched alkanes of at least 4 members (excludes halogenated alkanes) is 1. The molecule has 0 bridgehead atoms. The number of aromatic nitrogens is 2. The van der Waals surface area contributed by atoms with Gasteiger partial charge in [0.2, 0.25) is 0 Å². The second-order valence-corrected chi connectivity index (χ2v) is 8.02. The first-order valence-corrected chi connectivity index (χ1v) is 10.8. The second kappa shape index (κ2) is 9.23. The van der Waals surface area contributed by atoms with Crippen LogP contribution in [-0.4, -0.2) is 34.6 Å². The SMILES string of the molecule is Cc1ccc(-n2nc(C)c(C#N)c2N2CCc3cc(OCCCCO)ccc3C2)cc1. The van der Waals surface area contributed by atoms with E-state index >= 15 is 0 Å². The number of nitrogens with zero attached hydrogens (tertiary/aromatic N) is 4. The molecule has 4 rings (SSSR count). The maximum Gasteiger partial charge on any atom is 0.151 e. The number of fused-ring (bicyclic) bond motifs is 1. The first-order chi connectivity index (χ1) is 15.1. The van der Waals surface area contributed by atoms with E-state index in [1.165, 1.54) is 16.7 Å². The molecule has 1 aliphatic heterocycles. The number of ether oxygens (including phenoxy) is 1. The fourth-order valence-corrected chi connectivity index (χ4v) is 4.01. The van der Waals surface area contributed by atoms with Crippen molar-refractivity contribution in [3.63, 3.8) is 0 Å². The van der Waals surface area contributed by atoms with Crippen LogP contribution in [0.25, 0.3) is 5.69 Å².